The van der Waals surface area contributed by atoms with Crippen LogP contribution in [0, 0.1) is 5.82 Å². The van der Waals surface area contributed by atoms with Gasteiger partial charge in [-0.2, -0.15) is 0 Å². The first-order chi connectivity index (χ1) is 11.2. The van der Waals surface area contributed by atoms with E-state index in [1.807, 2.05) is 36.1 Å². The van der Waals surface area contributed by atoms with Gasteiger partial charge in [0.05, 0.1) is 19.4 Å². The van der Waals surface area contributed by atoms with Crippen LogP contribution in [0.5, 0.6) is 5.75 Å². The predicted octanol–water partition coefficient (Wildman–Crippen LogP) is 2.76. The molecule has 122 valence electrons. The molecule has 0 N–H and O–H groups in total. The first-order valence-corrected chi connectivity index (χ1v) is 7.72. The van der Waals surface area contributed by atoms with Crippen molar-refractivity contribution in [3.8, 4) is 5.75 Å². The molecule has 1 aromatic carbocycles. The van der Waals surface area contributed by atoms with E-state index < -0.39 is 0 Å². The average molecular weight is 317 g/mol. The van der Waals surface area contributed by atoms with Crippen molar-refractivity contribution in [3.05, 3.63) is 47.7 Å². The van der Waals surface area contributed by atoms with Gasteiger partial charge in [-0.1, -0.05) is 19.1 Å². The molecule has 0 spiro atoms. The zero-order valence-electron chi connectivity index (χ0n) is 13.3. The van der Waals surface area contributed by atoms with Gasteiger partial charge in [0.25, 0.3) is 0 Å². The number of halogens is 1. The van der Waals surface area contributed by atoms with Gasteiger partial charge in [-0.3, -0.25) is 0 Å². The van der Waals surface area contributed by atoms with Crippen molar-refractivity contribution in [2.75, 3.05) is 31.7 Å². The summed E-state index contributed by atoms with van der Waals surface area (Å²) in [5.41, 5.74) is 1.46. The fourth-order valence-electron chi connectivity index (χ4n) is 2.75. The summed E-state index contributed by atoms with van der Waals surface area (Å²) in [5, 5.41) is 0. The molecule has 1 atom stereocenters. The van der Waals surface area contributed by atoms with Gasteiger partial charge in [-0.25, -0.2) is 14.4 Å². The molecule has 0 aliphatic carbocycles. The molecule has 1 aliphatic heterocycles. The van der Waals surface area contributed by atoms with Crippen molar-refractivity contribution in [2.45, 2.75) is 19.4 Å². The van der Waals surface area contributed by atoms with Gasteiger partial charge in [0, 0.05) is 13.1 Å². The summed E-state index contributed by atoms with van der Waals surface area (Å²) in [4.78, 5) is 10.0. The maximum absolute atomic E-state index is 14.5. The molecule has 5 nitrogen and oxygen atoms in total. The summed E-state index contributed by atoms with van der Waals surface area (Å²) in [5.74, 6) is 0.805. The van der Waals surface area contributed by atoms with Crippen molar-refractivity contribution in [3.63, 3.8) is 0 Å². The van der Waals surface area contributed by atoms with Crippen LogP contribution < -0.4 is 9.64 Å². The van der Waals surface area contributed by atoms with Gasteiger partial charge in [0.15, 0.2) is 11.6 Å². The molecular weight excluding hydrogens is 297 g/mol. The Morgan fingerprint density at radius 1 is 1.39 bits per heavy atom. The van der Waals surface area contributed by atoms with Crippen LogP contribution in [0.4, 0.5) is 10.2 Å². The van der Waals surface area contributed by atoms with Crippen LogP contribution in [0.3, 0.4) is 0 Å². The second kappa shape index (κ2) is 6.91. The molecule has 0 saturated carbocycles. The lowest BCUT2D eigenvalue weighted by atomic mass is 10.1. The summed E-state index contributed by atoms with van der Waals surface area (Å²) >= 11 is 0. The van der Waals surface area contributed by atoms with Gasteiger partial charge in [-0.15, -0.1) is 0 Å². The normalized spacial score (nSPS) is 18.0. The van der Waals surface area contributed by atoms with E-state index in [1.54, 1.807) is 7.11 Å². The fraction of sp³-hybridized carbons (Fsp3) is 0.412. The van der Waals surface area contributed by atoms with Gasteiger partial charge < -0.3 is 14.4 Å². The number of hydrogen-bond donors (Lipinski definition) is 0. The largest absolute Gasteiger partial charge is 0.497 e. The Bertz CT molecular complexity index is 681. The Morgan fingerprint density at radius 2 is 2.26 bits per heavy atom. The van der Waals surface area contributed by atoms with Crippen molar-refractivity contribution in [2.24, 2.45) is 0 Å². The molecule has 0 unspecified atom stereocenters. The maximum atomic E-state index is 14.5. The molecule has 1 fully saturated rings. The van der Waals surface area contributed by atoms with E-state index in [-0.39, 0.29) is 11.9 Å². The third-order valence-corrected chi connectivity index (χ3v) is 4.01. The Hall–Kier alpha value is -2.21. The standard InChI is InChI=1S/C17H20FN3O2/c1-3-14-16(18)17(20-11-19-14)21-7-8-23-15(10-21)12-5-4-6-13(9-12)22-2/h4-6,9,11,15H,3,7-8,10H2,1-2H3/t15-/m0/s1. The smallest absolute Gasteiger partial charge is 0.187 e. The Kier molecular flexibility index (Phi) is 4.71. The number of anilines is 1. The quantitative estimate of drug-likeness (QED) is 0.868. The number of aromatic nitrogens is 2. The van der Waals surface area contributed by atoms with Crippen LogP contribution in [0.1, 0.15) is 24.3 Å². The third-order valence-electron chi connectivity index (χ3n) is 4.01. The summed E-state index contributed by atoms with van der Waals surface area (Å²) < 4.78 is 25.6. The lowest BCUT2D eigenvalue weighted by molar-refractivity contribution is 0.0391. The monoisotopic (exact) mass is 317 g/mol. The number of ether oxygens (including phenoxy) is 2. The van der Waals surface area contributed by atoms with Crippen LogP contribution in [-0.4, -0.2) is 36.8 Å². The number of aryl methyl sites for hydroxylation is 1. The average Bonchev–Trinajstić information content (AvgIpc) is 2.62. The first-order valence-electron chi connectivity index (χ1n) is 7.72. The topological polar surface area (TPSA) is 47.5 Å². The number of nitrogens with zero attached hydrogens (tertiary/aromatic N) is 3. The molecule has 1 saturated heterocycles. The minimum atomic E-state index is -0.332. The molecule has 23 heavy (non-hydrogen) atoms. The van der Waals surface area contributed by atoms with Gasteiger partial charge in [0.2, 0.25) is 0 Å². The van der Waals surface area contributed by atoms with Crippen molar-refractivity contribution in [1.29, 1.82) is 0 Å². The second-order valence-electron chi connectivity index (χ2n) is 5.39. The van der Waals surface area contributed by atoms with Crippen molar-refractivity contribution in [1.82, 2.24) is 9.97 Å². The van der Waals surface area contributed by atoms with Crippen LogP contribution >= 0.6 is 0 Å². The number of methoxy groups -OCH3 is 1. The van der Waals surface area contributed by atoms with E-state index in [0.29, 0.717) is 37.6 Å². The van der Waals surface area contributed by atoms with E-state index in [0.717, 1.165) is 11.3 Å². The molecule has 6 heteroatoms. The van der Waals surface area contributed by atoms with Crippen molar-refractivity contribution < 1.29 is 13.9 Å². The zero-order valence-corrected chi connectivity index (χ0v) is 13.3. The summed E-state index contributed by atoms with van der Waals surface area (Å²) in [7, 11) is 1.63. The minimum absolute atomic E-state index is 0.140. The molecule has 1 aliphatic rings. The maximum Gasteiger partial charge on any atom is 0.187 e. The van der Waals surface area contributed by atoms with Gasteiger partial charge >= 0.3 is 0 Å². The van der Waals surface area contributed by atoms with Crippen LogP contribution in [-0.2, 0) is 11.2 Å². The number of rotatable bonds is 4. The first kappa shape index (κ1) is 15.7. The van der Waals surface area contributed by atoms with Gasteiger partial charge in [0.1, 0.15) is 18.2 Å². The van der Waals surface area contributed by atoms with Crippen molar-refractivity contribution >= 4 is 5.82 Å². The molecule has 1 aromatic heterocycles. The Labute approximate surface area is 135 Å². The highest BCUT2D eigenvalue weighted by atomic mass is 19.1. The molecule has 3 rings (SSSR count). The SMILES string of the molecule is CCc1ncnc(N2CCO[C@H](c3cccc(OC)c3)C2)c1F. The molecule has 2 heterocycles. The summed E-state index contributed by atoms with van der Waals surface area (Å²) in [6.07, 6.45) is 1.83. The van der Waals surface area contributed by atoms with Crippen LogP contribution in [0.2, 0.25) is 0 Å². The number of hydrogen-bond acceptors (Lipinski definition) is 5. The summed E-state index contributed by atoms with van der Waals surface area (Å²) in [6, 6.07) is 7.76. The van der Waals surface area contributed by atoms with E-state index in [1.165, 1.54) is 6.33 Å². The number of benzene rings is 1. The highest BCUT2D eigenvalue weighted by molar-refractivity contribution is 5.42. The molecule has 0 radical (unpaired) electrons. The third kappa shape index (κ3) is 3.27. The molecule has 0 bridgehead atoms. The Morgan fingerprint density at radius 3 is 3.04 bits per heavy atom. The van der Waals surface area contributed by atoms with E-state index in [2.05, 4.69) is 9.97 Å². The number of morpholine rings is 1. The predicted molar refractivity (Wildman–Crippen MR) is 85.3 cm³/mol. The lowest BCUT2D eigenvalue weighted by Crippen LogP contribution is -2.39. The van der Waals surface area contributed by atoms with Crippen LogP contribution in [0.15, 0.2) is 30.6 Å². The fourth-order valence-corrected chi connectivity index (χ4v) is 2.75. The van der Waals surface area contributed by atoms with Crippen LogP contribution in [0.25, 0.3) is 0 Å². The second-order valence-corrected chi connectivity index (χ2v) is 5.39. The Balaban J connectivity index is 1.83. The van der Waals surface area contributed by atoms with E-state index >= 15 is 0 Å². The highest BCUT2D eigenvalue weighted by Gasteiger charge is 2.26. The highest BCUT2D eigenvalue weighted by Crippen LogP contribution is 2.28. The lowest BCUT2D eigenvalue weighted by Gasteiger charge is -2.34. The molecule has 2 aromatic rings. The van der Waals surface area contributed by atoms with Gasteiger partial charge in [-0.05, 0) is 24.1 Å². The molecular formula is C17H20FN3O2. The van der Waals surface area contributed by atoms with E-state index in [9.17, 15) is 4.39 Å². The van der Waals surface area contributed by atoms with E-state index in [4.69, 9.17) is 9.47 Å². The molecule has 0 amide bonds. The zero-order chi connectivity index (χ0) is 16.2. The summed E-state index contributed by atoms with van der Waals surface area (Å²) in [6.45, 7) is 3.56. The minimum Gasteiger partial charge on any atom is -0.497 e.